The van der Waals surface area contributed by atoms with Crippen LogP contribution in [-0.2, 0) is 5.41 Å². The molecule has 2 rings (SSSR count). The van der Waals surface area contributed by atoms with Crippen LogP contribution < -0.4 is 0 Å². The van der Waals surface area contributed by atoms with Crippen molar-refractivity contribution in [3.8, 4) is 0 Å². The molecule has 1 atom stereocenters. The second-order valence-corrected chi connectivity index (χ2v) is 9.06. The minimum atomic E-state index is -1.43. The van der Waals surface area contributed by atoms with Crippen LogP contribution in [-0.4, -0.2) is 5.67 Å². The van der Waals surface area contributed by atoms with Gasteiger partial charge in [-0.1, -0.05) is 61.0 Å². The summed E-state index contributed by atoms with van der Waals surface area (Å²) in [6.07, 6.45) is 2.68. The Hall–Kier alpha value is -1.86. The van der Waals surface area contributed by atoms with Crippen molar-refractivity contribution in [2.75, 3.05) is 0 Å². The van der Waals surface area contributed by atoms with Crippen LogP contribution in [0.4, 0.5) is 4.39 Å². The van der Waals surface area contributed by atoms with Crippen molar-refractivity contribution in [2.45, 2.75) is 66.0 Å². The Morgan fingerprint density at radius 1 is 1.11 bits per heavy atom. The molecule has 0 aliphatic heterocycles. The monoisotopic (exact) mass is 398 g/mol. The van der Waals surface area contributed by atoms with Gasteiger partial charge in [0.25, 0.3) is 0 Å². The Kier molecular flexibility index (Phi) is 6.61. The Morgan fingerprint density at radius 3 is 2.21 bits per heavy atom. The summed E-state index contributed by atoms with van der Waals surface area (Å²) in [4.78, 5) is 0. The van der Waals surface area contributed by atoms with Crippen LogP contribution in [0.2, 0.25) is 5.02 Å². The van der Waals surface area contributed by atoms with Crippen molar-refractivity contribution in [3.05, 3.63) is 81.9 Å². The van der Waals surface area contributed by atoms with E-state index in [0.29, 0.717) is 11.4 Å². The molecule has 0 bridgehead atoms. The zero-order chi connectivity index (χ0) is 21.3. The summed E-state index contributed by atoms with van der Waals surface area (Å²) in [6, 6.07) is 12.3. The van der Waals surface area contributed by atoms with Crippen LogP contribution in [0, 0.1) is 13.8 Å². The first kappa shape index (κ1) is 22.4. The summed E-state index contributed by atoms with van der Waals surface area (Å²) in [5.74, 6) is 0. The van der Waals surface area contributed by atoms with Gasteiger partial charge in [0.2, 0.25) is 0 Å². The highest BCUT2D eigenvalue weighted by Gasteiger charge is 2.43. The quantitative estimate of drug-likeness (QED) is 0.457. The van der Waals surface area contributed by atoms with Gasteiger partial charge in [-0.25, -0.2) is 4.39 Å². The van der Waals surface area contributed by atoms with E-state index in [9.17, 15) is 0 Å². The van der Waals surface area contributed by atoms with E-state index in [4.69, 9.17) is 11.6 Å². The molecular formula is C26H32ClF. The molecule has 2 heteroatoms. The second-order valence-electron chi connectivity index (χ2n) is 8.62. The molecule has 28 heavy (non-hydrogen) atoms. The first-order chi connectivity index (χ1) is 12.9. The van der Waals surface area contributed by atoms with Crippen LogP contribution in [0.25, 0.3) is 11.1 Å². The Balaban J connectivity index is 2.54. The molecular weight excluding hydrogens is 367 g/mol. The van der Waals surface area contributed by atoms with Crippen molar-refractivity contribution < 1.29 is 4.39 Å². The first-order valence-corrected chi connectivity index (χ1v) is 10.2. The maximum absolute atomic E-state index is 15.6. The maximum Gasteiger partial charge on any atom is 0.115 e. The fraction of sp³-hybridized carbons (Fsp3) is 0.385. The molecule has 0 amide bonds. The molecule has 0 spiro atoms. The molecule has 0 heterocycles. The lowest BCUT2D eigenvalue weighted by Crippen LogP contribution is -2.42. The molecule has 2 aromatic rings. The standard InChI is InChI=1S/C26H32ClF/c1-9-20(21-10-11-24(17(2)3)19(5)14-21)16-26(8,25(6,7)28)22-12-18(4)13-23(27)15-22/h9-15H,2,16H2,1,3-8H3/b20-9+. The average Bonchev–Trinajstić information content (AvgIpc) is 2.57. The number of rotatable bonds is 6. The van der Waals surface area contributed by atoms with E-state index in [1.54, 1.807) is 13.8 Å². The third-order valence-electron chi connectivity index (χ3n) is 5.94. The van der Waals surface area contributed by atoms with E-state index >= 15 is 4.39 Å². The van der Waals surface area contributed by atoms with Gasteiger partial charge in [0.15, 0.2) is 0 Å². The summed E-state index contributed by atoms with van der Waals surface area (Å²) in [5.41, 5.74) is 5.48. The predicted octanol–water partition coefficient (Wildman–Crippen LogP) is 8.49. The van der Waals surface area contributed by atoms with E-state index in [-0.39, 0.29) is 0 Å². The highest BCUT2D eigenvalue weighted by Crippen LogP contribution is 2.45. The minimum Gasteiger partial charge on any atom is -0.244 e. The Bertz CT molecular complexity index is 894. The van der Waals surface area contributed by atoms with Gasteiger partial charge in [0.05, 0.1) is 0 Å². The number of hydrogen-bond donors (Lipinski definition) is 0. The molecule has 0 nitrogen and oxygen atoms in total. The number of aryl methyl sites for hydroxylation is 2. The average molecular weight is 399 g/mol. The van der Waals surface area contributed by atoms with Gasteiger partial charge in [-0.05, 0) is 93.5 Å². The SMILES string of the molecule is C=C(C)c1ccc(/C(=C/C)CC(C)(c2cc(C)cc(Cl)c2)C(C)(C)F)cc1C. The lowest BCUT2D eigenvalue weighted by atomic mass is 9.66. The van der Waals surface area contributed by atoms with Crippen molar-refractivity contribution >= 4 is 22.7 Å². The third-order valence-corrected chi connectivity index (χ3v) is 6.16. The summed E-state index contributed by atoms with van der Waals surface area (Å²) >= 11 is 6.32. The van der Waals surface area contributed by atoms with Gasteiger partial charge in [-0.15, -0.1) is 0 Å². The van der Waals surface area contributed by atoms with Crippen molar-refractivity contribution in [3.63, 3.8) is 0 Å². The molecule has 0 saturated heterocycles. The lowest BCUT2D eigenvalue weighted by Gasteiger charge is -2.40. The summed E-state index contributed by atoms with van der Waals surface area (Å²) < 4.78 is 15.6. The van der Waals surface area contributed by atoms with Crippen molar-refractivity contribution in [1.29, 1.82) is 0 Å². The Morgan fingerprint density at radius 2 is 1.75 bits per heavy atom. The van der Waals surface area contributed by atoms with E-state index in [0.717, 1.165) is 27.8 Å². The van der Waals surface area contributed by atoms with Gasteiger partial charge in [-0.2, -0.15) is 0 Å². The van der Waals surface area contributed by atoms with Gasteiger partial charge < -0.3 is 0 Å². The summed E-state index contributed by atoms with van der Waals surface area (Å²) in [7, 11) is 0. The zero-order valence-corrected chi connectivity index (χ0v) is 19.0. The molecule has 0 aromatic heterocycles. The number of benzene rings is 2. The topological polar surface area (TPSA) is 0 Å². The van der Waals surface area contributed by atoms with Gasteiger partial charge >= 0.3 is 0 Å². The lowest BCUT2D eigenvalue weighted by molar-refractivity contribution is 0.104. The number of halogens is 2. The van der Waals surface area contributed by atoms with Gasteiger partial charge in [-0.3, -0.25) is 0 Å². The zero-order valence-electron chi connectivity index (χ0n) is 18.2. The highest BCUT2D eigenvalue weighted by atomic mass is 35.5. The van der Waals surface area contributed by atoms with Crippen LogP contribution >= 0.6 is 11.6 Å². The Labute approximate surface area is 175 Å². The first-order valence-electron chi connectivity index (χ1n) is 9.77. The van der Waals surface area contributed by atoms with Crippen molar-refractivity contribution in [2.24, 2.45) is 0 Å². The highest BCUT2D eigenvalue weighted by molar-refractivity contribution is 6.30. The number of hydrogen-bond acceptors (Lipinski definition) is 0. The van der Waals surface area contributed by atoms with Crippen LogP contribution in [0.5, 0.6) is 0 Å². The van der Waals surface area contributed by atoms with E-state index in [1.165, 1.54) is 11.1 Å². The minimum absolute atomic E-state index is 0.582. The molecule has 0 N–H and O–H groups in total. The fourth-order valence-electron chi connectivity index (χ4n) is 3.80. The van der Waals surface area contributed by atoms with Crippen LogP contribution in [0.1, 0.15) is 68.9 Å². The van der Waals surface area contributed by atoms with Gasteiger partial charge in [0, 0.05) is 10.4 Å². The third kappa shape index (κ3) is 4.58. The van der Waals surface area contributed by atoms with E-state index in [2.05, 4.69) is 43.8 Å². The second kappa shape index (κ2) is 8.25. The molecule has 0 aliphatic rings. The van der Waals surface area contributed by atoms with Crippen LogP contribution in [0.3, 0.4) is 0 Å². The van der Waals surface area contributed by atoms with Gasteiger partial charge in [0.1, 0.15) is 5.67 Å². The molecule has 0 fully saturated rings. The van der Waals surface area contributed by atoms with E-state index < -0.39 is 11.1 Å². The maximum atomic E-state index is 15.6. The van der Waals surface area contributed by atoms with E-state index in [1.807, 2.05) is 39.8 Å². The largest absolute Gasteiger partial charge is 0.244 e. The molecule has 0 saturated carbocycles. The molecule has 1 unspecified atom stereocenters. The molecule has 150 valence electrons. The molecule has 0 radical (unpaired) electrons. The fourth-order valence-corrected chi connectivity index (χ4v) is 4.09. The summed E-state index contributed by atoms with van der Waals surface area (Å²) in [5, 5.41) is 0.647. The summed E-state index contributed by atoms with van der Waals surface area (Å²) in [6.45, 7) is 17.5. The number of allylic oxidation sites excluding steroid dienone is 3. The molecule has 2 aromatic carbocycles. The molecule has 0 aliphatic carbocycles. The number of alkyl halides is 1. The van der Waals surface area contributed by atoms with Crippen molar-refractivity contribution in [1.82, 2.24) is 0 Å². The smallest absolute Gasteiger partial charge is 0.115 e. The predicted molar refractivity (Wildman–Crippen MR) is 123 cm³/mol. The van der Waals surface area contributed by atoms with Crippen LogP contribution in [0.15, 0.2) is 49.1 Å². The normalized spacial score (nSPS) is 14.7.